The number of rotatable bonds is 0. The van der Waals surface area contributed by atoms with E-state index in [2.05, 4.69) is 11.9 Å². The van der Waals surface area contributed by atoms with E-state index in [1.54, 1.807) is 0 Å². The maximum absolute atomic E-state index is 11.3. The van der Waals surface area contributed by atoms with Crippen molar-refractivity contribution in [3.63, 3.8) is 0 Å². The first-order valence-electron chi connectivity index (χ1n) is 4.88. The number of H-pyrrole nitrogens is 1. The molecule has 0 aliphatic heterocycles. The van der Waals surface area contributed by atoms with Crippen molar-refractivity contribution in [3.05, 3.63) is 33.2 Å². The van der Waals surface area contributed by atoms with E-state index in [9.17, 15) is 4.79 Å². The molecule has 1 N–H and O–H groups in total. The first kappa shape index (κ1) is 8.54. The number of nitrogens with one attached hydrogen (secondary N) is 1. The number of aromatic amines is 1. The summed E-state index contributed by atoms with van der Waals surface area (Å²) in [6, 6.07) is 2.05. The van der Waals surface area contributed by atoms with Crippen LogP contribution < -0.4 is 5.56 Å². The van der Waals surface area contributed by atoms with Crippen LogP contribution in [0.3, 0.4) is 0 Å². The Hall–Kier alpha value is -1.05. The highest BCUT2D eigenvalue weighted by atomic mass is 16.1. The Morgan fingerprint density at radius 2 is 2.31 bits per heavy atom. The van der Waals surface area contributed by atoms with Gasteiger partial charge in [0.15, 0.2) is 0 Å². The average molecular weight is 177 g/mol. The molecule has 0 radical (unpaired) electrons. The summed E-state index contributed by atoms with van der Waals surface area (Å²) in [5, 5.41) is 0. The van der Waals surface area contributed by atoms with Gasteiger partial charge in [-0.3, -0.25) is 4.79 Å². The lowest BCUT2D eigenvalue weighted by Gasteiger charge is -2.20. The minimum Gasteiger partial charge on any atom is -0.326 e. The molecule has 1 atom stereocenters. The van der Waals surface area contributed by atoms with Crippen LogP contribution in [-0.2, 0) is 12.8 Å². The smallest absolute Gasteiger partial charge is 0.251 e. The van der Waals surface area contributed by atoms with Crippen molar-refractivity contribution >= 4 is 0 Å². The van der Waals surface area contributed by atoms with Crippen LogP contribution in [0.5, 0.6) is 0 Å². The van der Waals surface area contributed by atoms with E-state index >= 15 is 0 Å². The third kappa shape index (κ3) is 1.53. The monoisotopic (exact) mass is 177 g/mol. The van der Waals surface area contributed by atoms with E-state index in [0.29, 0.717) is 0 Å². The second-order valence-corrected chi connectivity index (χ2v) is 4.13. The van der Waals surface area contributed by atoms with E-state index in [-0.39, 0.29) is 5.56 Å². The van der Waals surface area contributed by atoms with Gasteiger partial charge in [0.2, 0.25) is 0 Å². The summed E-state index contributed by atoms with van der Waals surface area (Å²) in [6.07, 6.45) is 3.35. The van der Waals surface area contributed by atoms with Crippen molar-refractivity contribution in [1.29, 1.82) is 0 Å². The molecule has 13 heavy (non-hydrogen) atoms. The zero-order chi connectivity index (χ0) is 9.42. The van der Waals surface area contributed by atoms with Crippen molar-refractivity contribution in [3.8, 4) is 0 Å². The molecule has 70 valence electrons. The minimum atomic E-state index is 0.0771. The Morgan fingerprint density at radius 3 is 3.08 bits per heavy atom. The molecule has 0 saturated carbocycles. The first-order valence-corrected chi connectivity index (χ1v) is 4.88. The average Bonchev–Trinajstić information content (AvgIpc) is 2.08. The number of hydrogen-bond donors (Lipinski definition) is 1. The van der Waals surface area contributed by atoms with Crippen molar-refractivity contribution in [2.24, 2.45) is 5.92 Å². The lowest BCUT2D eigenvalue weighted by atomic mass is 9.87. The van der Waals surface area contributed by atoms with Gasteiger partial charge >= 0.3 is 0 Å². The number of pyridine rings is 1. The minimum absolute atomic E-state index is 0.0771. The Kier molecular flexibility index (Phi) is 1.98. The van der Waals surface area contributed by atoms with Gasteiger partial charge in [0.1, 0.15) is 0 Å². The fourth-order valence-corrected chi connectivity index (χ4v) is 2.00. The van der Waals surface area contributed by atoms with Crippen molar-refractivity contribution in [2.45, 2.75) is 33.1 Å². The van der Waals surface area contributed by atoms with Gasteiger partial charge < -0.3 is 4.98 Å². The molecule has 1 aliphatic rings. The van der Waals surface area contributed by atoms with Crippen LogP contribution in [0, 0.1) is 12.8 Å². The van der Waals surface area contributed by atoms with Crippen LogP contribution in [-0.4, -0.2) is 4.98 Å². The molecule has 2 nitrogen and oxygen atoms in total. The molecule has 0 spiro atoms. The molecule has 0 amide bonds. The predicted molar refractivity (Wildman–Crippen MR) is 53.0 cm³/mol. The summed E-state index contributed by atoms with van der Waals surface area (Å²) >= 11 is 0. The summed E-state index contributed by atoms with van der Waals surface area (Å²) in [5.41, 5.74) is 3.42. The van der Waals surface area contributed by atoms with Crippen molar-refractivity contribution in [2.75, 3.05) is 0 Å². The maximum atomic E-state index is 11.3. The molecule has 0 bridgehead atoms. The van der Waals surface area contributed by atoms with Crippen LogP contribution in [0.25, 0.3) is 0 Å². The molecule has 0 aromatic carbocycles. The van der Waals surface area contributed by atoms with Crippen LogP contribution in [0.2, 0.25) is 0 Å². The first-order chi connectivity index (χ1) is 6.16. The van der Waals surface area contributed by atoms with Gasteiger partial charge in [-0.05, 0) is 43.7 Å². The highest BCUT2D eigenvalue weighted by Gasteiger charge is 2.16. The maximum Gasteiger partial charge on any atom is 0.251 e. The van der Waals surface area contributed by atoms with Gasteiger partial charge in [0.05, 0.1) is 0 Å². The molecular weight excluding hydrogens is 162 g/mol. The van der Waals surface area contributed by atoms with Crippen LogP contribution in [0.15, 0.2) is 10.9 Å². The Balaban J connectivity index is 2.49. The summed E-state index contributed by atoms with van der Waals surface area (Å²) in [4.78, 5) is 14.3. The fraction of sp³-hybridized carbons (Fsp3) is 0.545. The van der Waals surface area contributed by atoms with Crippen molar-refractivity contribution < 1.29 is 0 Å². The quantitative estimate of drug-likeness (QED) is 0.644. The topological polar surface area (TPSA) is 32.9 Å². The largest absolute Gasteiger partial charge is 0.326 e. The van der Waals surface area contributed by atoms with Gasteiger partial charge in [-0.1, -0.05) is 6.92 Å². The lowest BCUT2D eigenvalue weighted by molar-refractivity contribution is 0.493. The molecule has 1 heterocycles. The lowest BCUT2D eigenvalue weighted by Crippen LogP contribution is -2.20. The second-order valence-electron chi connectivity index (χ2n) is 4.13. The highest BCUT2D eigenvalue weighted by Crippen LogP contribution is 2.22. The third-order valence-corrected chi connectivity index (χ3v) is 2.86. The zero-order valence-corrected chi connectivity index (χ0v) is 8.18. The summed E-state index contributed by atoms with van der Waals surface area (Å²) in [6.45, 7) is 4.14. The second kappa shape index (κ2) is 3.02. The number of aryl methyl sites for hydroxylation is 2. The molecule has 1 aliphatic carbocycles. The molecule has 1 aromatic rings. The SMILES string of the molecule is Cc1cc2c([nH]c1=O)CCC(C)C2. The van der Waals surface area contributed by atoms with Gasteiger partial charge in [-0.2, -0.15) is 0 Å². The van der Waals surface area contributed by atoms with Crippen molar-refractivity contribution in [1.82, 2.24) is 4.98 Å². The fourth-order valence-electron chi connectivity index (χ4n) is 2.00. The molecule has 0 saturated heterocycles. The third-order valence-electron chi connectivity index (χ3n) is 2.86. The molecule has 1 aromatic heterocycles. The highest BCUT2D eigenvalue weighted by molar-refractivity contribution is 5.27. The zero-order valence-electron chi connectivity index (χ0n) is 8.18. The molecular formula is C11H15NO. The Bertz CT molecular complexity index is 378. The summed E-state index contributed by atoms with van der Waals surface area (Å²) in [7, 11) is 0. The standard InChI is InChI=1S/C11H15NO/c1-7-3-4-10-9(5-7)6-8(2)11(13)12-10/h6-7H,3-5H2,1-2H3,(H,12,13). The molecule has 2 heteroatoms. The van der Waals surface area contributed by atoms with E-state index < -0.39 is 0 Å². The Morgan fingerprint density at radius 1 is 1.54 bits per heavy atom. The van der Waals surface area contributed by atoms with Gasteiger partial charge in [0.25, 0.3) is 5.56 Å². The predicted octanol–water partition coefficient (Wildman–Crippen LogP) is 1.81. The molecule has 1 unspecified atom stereocenters. The molecule has 0 fully saturated rings. The van der Waals surface area contributed by atoms with E-state index in [1.165, 1.54) is 12.0 Å². The summed E-state index contributed by atoms with van der Waals surface area (Å²) < 4.78 is 0. The van der Waals surface area contributed by atoms with Crippen LogP contribution >= 0.6 is 0 Å². The van der Waals surface area contributed by atoms with Gasteiger partial charge in [-0.15, -0.1) is 0 Å². The molecule has 2 rings (SSSR count). The van der Waals surface area contributed by atoms with Gasteiger partial charge in [0, 0.05) is 11.3 Å². The Labute approximate surface area is 78.0 Å². The van der Waals surface area contributed by atoms with E-state index in [0.717, 1.165) is 30.0 Å². The number of hydrogen-bond acceptors (Lipinski definition) is 1. The summed E-state index contributed by atoms with van der Waals surface area (Å²) in [5.74, 6) is 0.762. The van der Waals surface area contributed by atoms with Crippen LogP contribution in [0.4, 0.5) is 0 Å². The van der Waals surface area contributed by atoms with E-state index in [4.69, 9.17) is 0 Å². The normalized spacial score (nSPS) is 21.2. The van der Waals surface area contributed by atoms with Gasteiger partial charge in [-0.25, -0.2) is 0 Å². The number of fused-ring (bicyclic) bond motifs is 1. The van der Waals surface area contributed by atoms with Crippen LogP contribution in [0.1, 0.15) is 30.2 Å². The van der Waals surface area contributed by atoms with E-state index in [1.807, 2.05) is 13.0 Å². The number of aromatic nitrogens is 1.